The largest absolute Gasteiger partial charge is 0.480 e. The summed E-state index contributed by atoms with van der Waals surface area (Å²) in [4.78, 5) is 34.6. The minimum Gasteiger partial charge on any atom is -0.480 e. The second kappa shape index (κ2) is 8.10. The van der Waals surface area contributed by atoms with Gasteiger partial charge in [-0.25, -0.2) is 20.4 Å². The molecule has 0 fully saturated rings. The summed E-state index contributed by atoms with van der Waals surface area (Å²) in [6.45, 7) is 0.0166. The van der Waals surface area contributed by atoms with Gasteiger partial charge in [0, 0.05) is 12.3 Å². The lowest BCUT2D eigenvalue weighted by molar-refractivity contribution is -0.143. The zero-order valence-corrected chi connectivity index (χ0v) is 15.1. The van der Waals surface area contributed by atoms with Crippen molar-refractivity contribution in [3.05, 3.63) is 59.7 Å². The number of benzene rings is 2. The molecule has 28 heavy (non-hydrogen) atoms. The number of amides is 2. The third-order valence-electron chi connectivity index (χ3n) is 4.83. The number of carbonyl (C=O) groups excluding carboxylic acids is 2. The number of hydrazine groups is 1. The fourth-order valence-electron chi connectivity index (χ4n) is 3.46. The molecule has 3 rings (SSSR count). The highest BCUT2D eigenvalue weighted by Gasteiger charge is 2.32. The van der Waals surface area contributed by atoms with E-state index >= 15 is 0 Å². The molecule has 0 radical (unpaired) electrons. The first-order valence-electron chi connectivity index (χ1n) is 8.80. The molecular formula is C20H21N3O5. The van der Waals surface area contributed by atoms with Crippen LogP contribution in [0.3, 0.4) is 0 Å². The van der Waals surface area contributed by atoms with Gasteiger partial charge in [-0.15, -0.1) is 0 Å². The Morgan fingerprint density at radius 1 is 1.04 bits per heavy atom. The molecule has 5 N–H and O–H groups in total. The summed E-state index contributed by atoms with van der Waals surface area (Å²) in [5.41, 5.74) is 9.26. The first-order chi connectivity index (χ1) is 13.4. The van der Waals surface area contributed by atoms with Crippen molar-refractivity contribution in [2.75, 3.05) is 6.61 Å². The normalized spacial score (nSPS) is 13.3. The van der Waals surface area contributed by atoms with E-state index in [1.54, 1.807) is 0 Å². The Kier molecular flexibility index (Phi) is 5.60. The Labute approximate surface area is 161 Å². The molecule has 146 valence electrons. The topological polar surface area (TPSA) is 136 Å². The standard InChI is InChI=1S/C20H21N3O5/c21-18(24)10-9-17(19(25)26)23(22)20(27)28-11-16-14-7-3-1-5-12(14)13-6-2-4-8-15(13)16/h1-8,16-17H,9-11,22H2,(H2,21,24)(H,25,26)/t17-/m0/s1. The maximum atomic E-state index is 12.3. The van der Waals surface area contributed by atoms with Crippen molar-refractivity contribution in [3.8, 4) is 11.1 Å². The molecule has 2 aromatic carbocycles. The predicted molar refractivity (Wildman–Crippen MR) is 101 cm³/mol. The maximum absolute atomic E-state index is 12.3. The molecule has 0 aromatic heterocycles. The van der Waals surface area contributed by atoms with Crippen molar-refractivity contribution in [3.63, 3.8) is 0 Å². The molecule has 0 heterocycles. The molecule has 0 saturated heterocycles. The Morgan fingerprint density at radius 3 is 2.07 bits per heavy atom. The number of carboxylic acid groups (broad SMARTS) is 1. The monoisotopic (exact) mass is 383 g/mol. The van der Waals surface area contributed by atoms with Gasteiger partial charge in [0.2, 0.25) is 5.91 Å². The first kappa shape index (κ1) is 19.4. The number of aliphatic carboxylic acids is 1. The van der Waals surface area contributed by atoms with Crippen LogP contribution < -0.4 is 11.6 Å². The first-order valence-corrected chi connectivity index (χ1v) is 8.80. The molecule has 0 aliphatic heterocycles. The summed E-state index contributed by atoms with van der Waals surface area (Å²) in [5.74, 6) is 3.47. The number of hydrogen-bond acceptors (Lipinski definition) is 5. The van der Waals surface area contributed by atoms with Crippen molar-refractivity contribution >= 4 is 18.0 Å². The number of ether oxygens (including phenoxy) is 1. The van der Waals surface area contributed by atoms with Gasteiger partial charge in [-0.1, -0.05) is 48.5 Å². The minimum atomic E-state index is -1.40. The van der Waals surface area contributed by atoms with Crippen LogP contribution in [0.15, 0.2) is 48.5 Å². The summed E-state index contributed by atoms with van der Waals surface area (Å²) < 4.78 is 5.32. The summed E-state index contributed by atoms with van der Waals surface area (Å²) in [6.07, 6.45) is -1.37. The number of nitrogens with zero attached hydrogens (tertiary/aromatic N) is 1. The van der Waals surface area contributed by atoms with E-state index in [1.807, 2.05) is 48.5 Å². The van der Waals surface area contributed by atoms with Crippen LogP contribution in [0.2, 0.25) is 0 Å². The van der Waals surface area contributed by atoms with Crippen LogP contribution in [0.5, 0.6) is 0 Å². The van der Waals surface area contributed by atoms with E-state index in [4.69, 9.17) is 16.3 Å². The van der Waals surface area contributed by atoms with Gasteiger partial charge in [-0.3, -0.25) is 4.79 Å². The van der Waals surface area contributed by atoms with Crippen molar-refractivity contribution in [2.45, 2.75) is 24.8 Å². The van der Waals surface area contributed by atoms with E-state index in [2.05, 4.69) is 0 Å². The van der Waals surface area contributed by atoms with Gasteiger partial charge in [-0.05, 0) is 28.7 Å². The molecule has 8 heteroatoms. The van der Waals surface area contributed by atoms with Gasteiger partial charge in [0.25, 0.3) is 0 Å². The van der Waals surface area contributed by atoms with Gasteiger partial charge >= 0.3 is 12.1 Å². The van der Waals surface area contributed by atoms with E-state index in [0.717, 1.165) is 22.3 Å². The Hall–Kier alpha value is -3.39. The maximum Gasteiger partial charge on any atom is 0.424 e. The highest BCUT2D eigenvalue weighted by molar-refractivity contribution is 5.82. The van der Waals surface area contributed by atoms with Crippen LogP contribution in [0.4, 0.5) is 4.79 Å². The molecule has 2 amide bonds. The van der Waals surface area contributed by atoms with Crippen LogP contribution >= 0.6 is 0 Å². The average Bonchev–Trinajstić information content (AvgIpc) is 2.99. The second-order valence-corrected chi connectivity index (χ2v) is 6.57. The van der Waals surface area contributed by atoms with E-state index in [-0.39, 0.29) is 25.4 Å². The van der Waals surface area contributed by atoms with Gasteiger partial charge in [0.15, 0.2) is 0 Å². The van der Waals surface area contributed by atoms with Gasteiger partial charge in [0.1, 0.15) is 12.6 Å². The van der Waals surface area contributed by atoms with E-state index < -0.39 is 24.0 Å². The van der Waals surface area contributed by atoms with Crippen LogP contribution in [0, 0.1) is 0 Å². The number of fused-ring (bicyclic) bond motifs is 3. The summed E-state index contributed by atoms with van der Waals surface area (Å²) in [6, 6.07) is 14.3. The molecule has 1 atom stereocenters. The molecule has 0 bridgehead atoms. The second-order valence-electron chi connectivity index (χ2n) is 6.57. The lowest BCUT2D eigenvalue weighted by Gasteiger charge is -2.24. The van der Waals surface area contributed by atoms with Gasteiger partial charge in [-0.2, -0.15) is 0 Å². The molecular weight excluding hydrogens is 362 g/mol. The molecule has 1 aliphatic rings. The number of primary amides is 1. The highest BCUT2D eigenvalue weighted by Crippen LogP contribution is 2.44. The van der Waals surface area contributed by atoms with Crippen LogP contribution in [0.1, 0.15) is 29.9 Å². The Bertz CT molecular complexity index is 869. The molecule has 0 spiro atoms. The van der Waals surface area contributed by atoms with E-state index in [1.165, 1.54) is 0 Å². The number of rotatable bonds is 7. The smallest absolute Gasteiger partial charge is 0.424 e. The summed E-state index contributed by atoms with van der Waals surface area (Å²) >= 11 is 0. The fraction of sp³-hybridized carbons (Fsp3) is 0.250. The third kappa shape index (κ3) is 3.81. The lowest BCUT2D eigenvalue weighted by atomic mass is 9.98. The third-order valence-corrected chi connectivity index (χ3v) is 4.83. The van der Waals surface area contributed by atoms with Crippen molar-refractivity contribution in [1.82, 2.24) is 5.01 Å². The van der Waals surface area contributed by atoms with E-state index in [9.17, 15) is 19.5 Å². The Morgan fingerprint density at radius 2 is 1.57 bits per heavy atom. The van der Waals surface area contributed by atoms with Gasteiger partial charge in [0.05, 0.1) is 0 Å². The number of carboxylic acids is 1. The zero-order chi connectivity index (χ0) is 20.3. The predicted octanol–water partition coefficient (Wildman–Crippen LogP) is 1.83. The molecule has 2 aromatic rings. The van der Waals surface area contributed by atoms with Crippen molar-refractivity contribution < 1.29 is 24.2 Å². The van der Waals surface area contributed by atoms with Crippen molar-refractivity contribution in [2.24, 2.45) is 11.6 Å². The Balaban J connectivity index is 1.72. The van der Waals surface area contributed by atoms with Gasteiger partial charge < -0.3 is 15.6 Å². The number of carbonyl (C=O) groups is 3. The summed E-state index contributed by atoms with van der Waals surface area (Å²) in [5, 5.41) is 9.76. The van der Waals surface area contributed by atoms with Crippen LogP contribution in [0.25, 0.3) is 11.1 Å². The van der Waals surface area contributed by atoms with Crippen molar-refractivity contribution in [1.29, 1.82) is 0 Å². The average molecular weight is 383 g/mol. The number of nitrogens with two attached hydrogens (primary N) is 2. The fourth-order valence-corrected chi connectivity index (χ4v) is 3.46. The van der Waals surface area contributed by atoms with E-state index in [0.29, 0.717) is 5.01 Å². The summed E-state index contributed by atoms with van der Waals surface area (Å²) in [7, 11) is 0. The number of hydrogen-bond donors (Lipinski definition) is 3. The molecule has 0 saturated carbocycles. The molecule has 1 aliphatic carbocycles. The molecule has 8 nitrogen and oxygen atoms in total. The SMILES string of the molecule is NC(=O)CC[C@@H](C(=O)O)N(N)C(=O)OCC1c2ccccc2-c2ccccc21. The minimum absolute atomic E-state index is 0.0166. The van der Waals surface area contributed by atoms with Crippen LogP contribution in [-0.4, -0.2) is 40.7 Å². The molecule has 0 unspecified atom stereocenters. The highest BCUT2D eigenvalue weighted by atomic mass is 16.6. The van der Waals surface area contributed by atoms with Crippen LogP contribution in [-0.2, 0) is 14.3 Å². The zero-order valence-electron chi connectivity index (χ0n) is 15.1. The quantitative estimate of drug-likeness (QED) is 0.379. The lowest BCUT2D eigenvalue weighted by Crippen LogP contribution is -2.50.